The van der Waals surface area contributed by atoms with Crippen molar-refractivity contribution in [3.63, 3.8) is 0 Å². The maximum atomic E-state index is 12.8. The molecule has 1 aromatic carbocycles. The minimum absolute atomic E-state index is 0.0227. The maximum absolute atomic E-state index is 12.8. The summed E-state index contributed by atoms with van der Waals surface area (Å²) < 4.78 is 41.1. The number of carbonyl (C=O) groups excluding carboxylic acids is 3. The molecule has 2 heterocycles. The van der Waals surface area contributed by atoms with Crippen LogP contribution in [0.5, 0.6) is 11.5 Å². The van der Waals surface area contributed by atoms with Gasteiger partial charge in [0.2, 0.25) is 0 Å². The molecule has 0 aromatic heterocycles. The normalized spacial score (nSPS) is 17.8. The van der Waals surface area contributed by atoms with Crippen LogP contribution in [0.2, 0.25) is 0 Å². The predicted molar refractivity (Wildman–Crippen MR) is 126 cm³/mol. The van der Waals surface area contributed by atoms with E-state index in [-0.39, 0.29) is 35.6 Å². The Labute approximate surface area is 202 Å². The van der Waals surface area contributed by atoms with Crippen LogP contribution in [0.4, 0.5) is 9.59 Å². The van der Waals surface area contributed by atoms with E-state index in [1.165, 1.54) is 31.2 Å². The van der Waals surface area contributed by atoms with Crippen molar-refractivity contribution in [1.29, 1.82) is 0 Å². The number of nitrogens with zero attached hydrogens (tertiary/aromatic N) is 1. The van der Waals surface area contributed by atoms with Gasteiger partial charge in [0.25, 0.3) is 15.9 Å². The van der Waals surface area contributed by atoms with Crippen molar-refractivity contribution < 1.29 is 32.3 Å². The highest BCUT2D eigenvalue weighted by molar-refractivity contribution is 8.13. The standard InChI is InChI=1S/C21H28N4O7S2/c1-5-14-12(2)11-25(19(14)26)20(27)23-10-13-6-7-32-16-9-17(31-4)18(8-15(13)16)34(29,30)24-21(28)33-22-3/h8-9,13,22H,5-7,10-11H2,1-4H3,(H,23,27)(H,24,28). The minimum atomic E-state index is -4.23. The Kier molecular flexibility index (Phi) is 8.10. The smallest absolute Gasteiger partial charge is 0.324 e. The molecule has 3 N–H and O–H groups in total. The summed E-state index contributed by atoms with van der Waals surface area (Å²) in [5.74, 6) is -0.111. The van der Waals surface area contributed by atoms with Gasteiger partial charge in [-0.15, -0.1) is 0 Å². The largest absolute Gasteiger partial charge is 0.495 e. The van der Waals surface area contributed by atoms with Crippen molar-refractivity contribution in [3.8, 4) is 11.5 Å². The molecule has 0 fully saturated rings. The van der Waals surface area contributed by atoms with Gasteiger partial charge < -0.3 is 14.8 Å². The van der Waals surface area contributed by atoms with E-state index < -0.39 is 21.3 Å². The van der Waals surface area contributed by atoms with Gasteiger partial charge in [-0.05, 0) is 38.5 Å². The second-order valence-corrected chi connectivity index (χ2v) is 10.4. The molecule has 0 saturated carbocycles. The molecule has 11 nitrogen and oxygen atoms in total. The molecular weight excluding hydrogens is 484 g/mol. The zero-order chi connectivity index (χ0) is 25.0. The predicted octanol–water partition coefficient (Wildman–Crippen LogP) is 2.11. The summed E-state index contributed by atoms with van der Waals surface area (Å²) in [6, 6.07) is 2.35. The van der Waals surface area contributed by atoms with Gasteiger partial charge >= 0.3 is 11.3 Å². The molecule has 2 aliphatic heterocycles. The highest BCUT2D eigenvalue weighted by Gasteiger charge is 2.33. The maximum Gasteiger partial charge on any atom is 0.324 e. The molecule has 2 aliphatic rings. The summed E-state index contributed by atoms with van der Waals surface area (Å²) in [7, 11) is -1.43. The van der Waals surface area contributed by atoms with Crippen LogP contribution in [0.15, 0.2) is 28.2 Å². The first-order chi connectivity index (χ1) is 16.1. The van der Waals surface area contributed by atoms with Crippen molar-refractivity contribution in [3.05, 3.63) is 28.8 Å². The number of amides is 4. The average molecular weight is 513 g/mol. The van der Waals surface area contributed by atoms with E-state index in [0.717, 1.165) is 5.57 Å². The lowest BCUT2D eigenvalue weighted by atomic mass is 9.93. The number of hydrogen-bond donors (Lipinski definition) is 3. The van der Waals surface area contributed by atoms with Gasteiger partial charge in [-0.2, -0.15) is 0 Å². The van der Waals surface area contributed by atoms with Gasteiger partial charge in [-0.1, -0.05) is 6.92 Å². The molecule has 0 bridgehead atoms. The first-order valence-corrected chi connectivity index (χ1v) is 13.0. The Hall–Kier alpha value is -2.77. The second kappa shape index (κ2) is 10.7. The highest BCUT2D eigenvalue weighted by atomic mass is 32.2. The van der Waals surface area contributed by atoms with Crippen LogP contribution in [0, 0.1) is 0 Å². The van der Waals surface area contributed by atoms with E-state index in [1.807, 2.05) is 18.6 Å². The number of nitrogens with one attached hydrogen (secondary N) is 3. The molecule has 1 aromatic rings. The Morgan fingerprint density at radius 2 is 2.06 bits per heavy atom. The molecule has 0 radical (unpaired) electrons. The monoisotopic (exact) mass is 512 g/mol. The van der Waals surface area contributed by atoms with E-state index in [9.17, 15) is 22.8 Å². The number of fused-ring (bicyclic) bond motifs is 1. The Balaban J connectivity index is 1.81. The summed E-state index contributed by atoms with van der Waals surface area (Å²) in [5, 5.41) is 1.99. The molecule has 13 heteroatoms. The van der Waals surface area contributed by atoms with E-state index in [4.69, 9.17) is 9.47 Å². The molecule has 34 heavy (non-hydrogen) atoms. The first-order valence-electron chi connectivity index (χ1n) is 10.7. The topological polar surface area (TPSA) is 143 Å². The lowest BCUT2D eigenvalue weighted by molar-refractivity contribution is -0.123. The van der Waals surface area contributed by atoms with E-state index >= 15 is 0 Å². The number of methoxy groups -OCH3 is 1. The van der Waals surface area contributed by atoms with Crippen LogP contribution in [0.25, 0.3) is 0 Å². The third-order valence-electron chi connectivity index (χ3n) is 5.67. The van der Waals surface area contributed by atoms with Gasteiger partial charge in [-0.25, -0.2) is 17.9 Å². The van der Waals surface area contributed by atoms with E-state index in [2.05, 4.69) is 10.0 Å². The molecule has 1 atom stereocenters. The van der Waals surface area contributed by atoms with Crippen LogP contribution in [-0.4, -0.2) is 64.3 Å². The zero-order valence-corrected chi connectivity index (χ0v) is 21.0. The summed E-state index contributed by atoms with van der Waals surface area (Å²) in [6.07, 6.45) is 1.08. The average Bonchev–Trinajstić information content (AvgIpc) is 3.09. The fraction of sp³-hybridized carbons (Fsp3) is 0.476. The molecule has 1 unspecified atom stereocenters. The fourth-order valence-corrected chi connectivity index (χ4v) is 5.70. The van der Waals surface area contributed by atoms with Gasteiger partial charge in [0.1, 0.15) is 16.4 Å². The Morgan fingerprint density at radius 3 is 2.68 bits per heavy atom. The van der Waals surface area contributed by atoms with Crippen molar-refractivity contribution in [2.24, 2.45) is 0 Å². The Morgan fingerprint density at radius 1 is 1.32 bits per heavy atom. The summed E-state index contributed by atoms with van der Waals surface area (Å²) in [6.45, 7) is 4.50. The van der Waals surface area contributed by atoms with Crippen molar-refractivity contribution in [1.82, 2.24) is 19.7 Å². The van der Waals surface area contributed by atoms with Crippen molar-refractivity contribution >= 4 is 39.1 Å². The molecule has 3 rings (SSSR count). The SMILES string of the molecule is CCC1=C(C)CN(C(=O)NCC2CCOc3cc(OC)c(S(=O)(=O)NC(=O)SNC)cc32)C1=O. The quantitative estimate of drug-likeness (QED) is 0.468. The highest BCUT2D eigenvalue weighted by Crippen LogP contribution is 2.40. The van der Waals surface area contributed by atoms with E-state index in [1.54, 1.807) is 0 Å². The molecule has 0 spiro atoms. The van der Waals surface area contributed by atoms with Crippen LogP contribution >= 0.6 is 11.9 Å². The number of sulfonamides is 1. The molecule has 0 saturated heterocycles. The number of ether oxygens (including phenoxy) is 2. The van der Waals surface area contributed by atoms with Gasteiger partial charge in [0.15, 0.2) is 0 Å². The third kappa shape index (κ3) is 5.31. The van der Waals surface area contributed by atoms with Gasteiger partial charge in [0.05, 0.1) is 20.3 Å². The van der Waals surface area contributed by atoms with Crippen LogP contribution in [-0.2, 0) is 14.8 Å². The van der Waals surface area contributed by atoms with E-state index in [0.29, 0.717) is 48.3 Å². The van der Waals surface area contributed by atoms with Crippen molar-refractivity contribution in [2.75, 3.05) is 33.9 Å². The summed E-state index contributed by atoms with van der Waals surface area (Å²) in [4.78, 5) is 38.0. The van der Waals surface area contributed by atoms with Crippen LogP contribution in [0.3, 0.4) is 0 Å². The lowest BCUT2D eigenvalue weighted by Crippen LogP contribution is -2.43. The Bertz CT molecular complexity index is 1130. The summed E-state index contributed by atoms with van der Waals surface area (Å²) >= 11 is 0.593. The molecule has 0 aliphatic carbocycles. The fourth-order valence-electron chi connectivity index (χ4n) is 4.00. The van der Waals surface area contributed by atoms with Gasteiger partial charge in [-0.3, -0.25) is 19.2 Å². The third-order valence-corrected chi connectivity index (χ3v) is 7.65. The summed E-state index contributed by atoms with van der Waals surface area (Å²) in [5.41, 5.74) is 2.07. The van der Waals surface area contributed by atoms with Crippen LogP contribution < -0.4 is 24.2 Å². The molecule has 4 amide bonds. The number of urea groups is 1. The lowest BCUT2D eigenvalue weighted by Gasteiger charge is -2.28. The molecule has 186 valence electrons. The minimum Gasteiger partial charge on any atom is -0.495 e. The second-order valence-electron chi connectivity index (χ2n) is 7.76. The number of benzene rings is 1. The zero-order valence-electron chi connectivity index (χ0n) is 19.4. The number of carbonyl (C=O) groups is 3. The first kappa shape index (κ1) is 25.8. The van der Waals surface area contributed by atoms with Crippen molar-refractivity contribution in [2.45, 2.75) is 37.5 Å². The molecular formula is C21H28N4O7S2. The number of rotatable bonds is 7. The van der Waals surface area contributed by atoms with Crippen LogP contribution in [0.1, 0.15) is 38.2 Å². The number of hydrogen-bond acceptors (Lipinski definition) is 9. The van der Waals surface area contributed by atoms with Gasteiger partial charge in [0, 0.05) is 41.6 Å². The number of imide groups is 1.